The lowest BCUT2D eigenvalue weighted by Crippen LogP contribution is -2.29. The Kier molecular flexibility index (Phi) is 7.91. The molecule has 0 spiro atoms. The van der Waals surface area contributed by atoms with Crippen molar-refractivity contribution in [2.45, 2.75) is 38.3 Å². The molecule has 190 valence electrons. The molecular formula is C30H32N4O3. The van der Waals surface area contributed by atoms with Crippen LogP contribution in [-0.2, 0) is 11.3 Å². The summed E-state index contributed by atoms with van der Waals surface area (Å²) in [5, 5.41) is 5.33. The molecule has 0 saturated carbocycles. The number of pyridine rings is 2. The maximum atomic E-state index is 12.8. The molecule has 1 amide bonds. The molecule has 1 aliphatic heterocycles. The van der Waals surface area contributed by atoms with Gasteiger partial charge in [-0.1, -0.05) is 18.2 Å². The number of aromatic nitrogens is 2. The number of carbonyl (C=O) groups is 1. The van der Waals surface area contributed by atoms with Gasteiger partial charge in [0.2, 0.25) is 5.91 Å². The minimum Gasteiger partial charge on any atom is -0.494 e. The van der Waals surface area contributed by atoms with E-state index in [1.807, 2.05) is 77.8 Å². The van der Waals surface area contributed by atoms with Crippen LogP contribution in [0.25, 0.3) is 10.8 Å². The standard InChI is InChI=1S/C30H32N4O3/c35-29-8-3-19-34(29)25-9-11-26(12-10-25)37-22-4-7-28(24-13-16-31-17-14-24)32-18-21-33-20-15-23-5-1-2-6-27(23)30(33)36/h1-2,5-6,9-17,20,28,32H,3-4,7-8,18-19,21-22H2. The lowest BCUT2D eigenvalue weighted by molar-refractivity contribution is -0.117. The van der Waals surface area contributed by atoms with Crippen LogP contribution in [0, 0.1) is 0 Å². The third kappa shape index (κ3) is 6.06. The Hall–Kier alpha value is -3.97. The molecule has 1 aliphatic rings. The van der Waals surface area contributed by atoms with Crippen molar-refractivity contribution in [3.8, 4) is 5.75 Å². The van der Waals surface area contributed by atoms with Gasteiger partial charge in [0.1, 0.15) is 5.75 Å². The van der Waals surface area contributed by atoms with Gasteiger partial charge in [-0.05, 0) is 78.7 Å². The lowest BCUT2D eigenvalue weighted by Gasteiger charge is -2.20. The molecule has 1 N–H and O–H groups in total. The SMILES string of the molecule is O=C1CCCN1c1ccc(OCCCC(NCCn2ccc3ccccc3c2=O)c2ccncc2)cc1. The molecule has 2 aromatic heterocycles. The number of carbonyl (C=O) groups excluding carboxylic acids is 1. The Bertz CT molecular complexity index is 1390. The van der Waals surface area contributed by atoms with Gasteiger partial charge in [0.15, 0.2) is 0 Å². The quantitative estimate of drug-likeness (QED) is 0.304. The second-order valence-corrected chi connectivity index (χ2v) is 9.32. The summed E-state index contributed by atoms with van der Waals surface area (Å²) in [6, 6.07) is 21.6. The number of rotatable bonds is 11. The van der Waals surface area contributed by atoms with Gasteiger partial charge in [-0.2, -0.15) is 0 Å². The second kappa shape index (κ2) is 11.8. The zero-order valence-electron chi connectivity index (χ0n) is 20.9. The summed E-state index contributed by atoms with van der Waals surface area (Å²) >= 11 is 0. The summed E-state index contributed by atoms with van der Waals surface area (Å²) in [5.41, 5.74) is 2.14. The van der Waals surface area contributed by atoms with Crippen LogP contribution in [0.2, 0.25) is 0 Å². The molecule has 1 unspecified atom stereocenters. The molecule has 0 bridgehead atoms. The zero-order chi connectivity index (χ0) is 25.5. The fourth-order valence-corrected chi connectivity index (χ4v) is 4.87. The predicted octanol–water partition coefficient (Wildman–Crippen LogP) is 4.71. The largest absolute Gasteiger partial charge is 0.494 e. The van der Waals surface area contributed by atoms with E-state index in [0.717, 1.165) is 48.0 Å². The van der Waals surface area contributed by atoms with Crippen LogP contribution in [0.4, 0.5) is 5.69 Å². The van der Waals surface area contributed by atoms with Crippen LogP contribution >= 0.6 is 0 Å². The summed E-state index contributed by atoms with van der Waals surface area (Å²) in [6.07, 6.45) is 8.78. The molecule has 5 rings (SSSR count). The van der Waals surface area contributed by atoms with Gasteiger partial charge in [0.05, 0.1) is 6.61 Å². The van der Waals surface area contributed by atoms with Gasteiger partial charge in [-0.3, -0.25) is 14.6 Å². The summed E-state index contributed by atoms with van der Waals surface area (Å²) in [4.78, 5) is 30.8. The highest BCUT2D eigenvalue weighted by Gasteiger charge is 2.21. The number of amides is 1. The van der Waals surface area contributed by atoms with Gasteiger partial charge in [-0.25, -0.2) is 0 Å². The van der Waals surface area contributed by atoms with Crippen molar-refractivity contribution in [2.75, 3.05) is 24.6 Å². The van der Waals surface area contributed by atoms with Crippen LogP contribution < -0.4 is 20.5 Å². The summed E-state index contributed by atoms with van der Waals surface area (Å²) < 4.78 is 7.74. The van der Waals surface area contributed by atoms with Crippen molar-refractivity contribution in [1.29, 1.82) is 0 Å². The first kappa shape index (κ1) is 24.7. The highest BCUT2D eigenvalue weighted by atomic mass is 16.5. The van der Waals surface area contributed by atoms with Crippen LogP contribution in [0.1, 0.15) is 37.3 Å². The van der Waals surface area contributed by atoms with Crippen LogP contribution in [0.5, 0.6) is 5.75 Å². The van der Waals surface area contributed by atoms with E-state index in [1.54, 1.807) is 17.0 Å². The molecule has 4 aromatic rings. The Labute approximate surface area is 216 Å². The average molecular weight is 497 g/mol. The van der Waals surface area contributed by atoms with Crippen LogP contribution in [0.3, 0.4) is 0 Å². The van der Waals surface area contributed by atoms with E-state index in [2.05, 4.69) is 10.3 Å². The predicted molar refractivity (Wildman–Crippen MR) is 146 cm³/mol. The number of ether oxygens (including phenoxy) is 1. The number of hydrogen-bond acceptors (Lipinski definition) is 5. The summed E-state index contributed by atoms with van der Waals surface area (Å²) in [7, 11) is 0. The average Bonchev–Trinajstić information content (AvgIpc) is 3.38. The van der Waals surface area contributed by atoms with Gasteiger partial charge >= 0.3 is 0 Å². The topological polar surface area (TPSA) is 76.5 Å². The van der Waals surface area contributed by atoms with Gasteiger partial charge < -0.3 is 19.5 Å². The fourth-order valence-electron chi connectivity index (χ4n) is 4.87. The molecule has 2 aromatic carbocycles. The Morgan fingerprint density at radius 1 is 0.973 bits per heavy atom. The normalized spacial score (nSPS) is 14.3. The van der Waals surface area contributed by atoms with E-state index in [0.29, 0.717) is 26.1 Å². The summed E-state index contributed by atoms with van der Waals surface area (Å²) in [5.74, 6) is 0.994. The van der Waals surface area contributed by atoms with Crippen molar-refractivity contribution in [2.24, 2.45) is 0 Å². The Morgan fingerprint density at radius 3 is 2.57 bits per heavy atom. The van der Waals surface area contributed by atoms with Crippen molar-refractivity contribution >= 4 is 22.4 Å². The van der Waals surface area contributed by atoms with Crippen molar-refractivity contribution < 1.29 is 9.53 Å². The van der Waals surface area contributed by atoms with Crippen molar-refractivity contribution in [1.82, 2.24) is 14.9 Å². The van der Waals surface area contributed by atoms with E-state index < -0.39 is 0 Å². The number of nitrogens with zero attached hydrogens (tertiary/aromatic N) is 3. The number of fused-ring (bicyclic) bond motifs is 1. The molecule has 0 aliphatic carbocycles. The first-order valence-electron chi connectivity index (χ1n) is 12.9. The minimum atomic E-state index is 0.0360. The molecule has 1 saturated heterocycles. The van der Waals surface area contributed by atoms with Crippen molar-refractivity contribution in [3.05, 3.63) is 101 Å². The highest BCUT2D eigenvalue weighted by Crippen LogP contribution is 2.24. The third-order valence-corrected chi connectivity index (χ3v) is 6.87. The van der Waals surface area contributed by atoms with E-state index >= 15 is 0 Å². The second-order valence-electron chi connectivity index (χ2n) is 9.32. The lowest BCUT2D eigenvalue weighted by atomic mass is 10.0. The highest BCUT2D eigenvalue weighted by molar-refractivity contribution is 5.95. The Balaban J connectivity index is 1.14. The van der Waals surface area contributed by atoms with Gasteiger partial charge in [-0.15, -0.1) is 0 Å². The monoisotopic (exact) mass is 496 g/mol. The summed E-state index contributed by atoms with van der Waals surface area (Å²) in [6.45, 7) is 2.64. The van der Waals surface area contributed by atoms with Crippen LogP contribution in [0.15, 0.2) is 90.1 Å². The number of nitrogens with one attached hydrogen (secondary N) is 1. The van der Waals surface area contributed by atoms with E-state index in [9.17, 15) is 9.59 Å². The molecule has 7 heteroatoms. The number of benzene rings is 2. The minimum absolute atomic E-state index is 0.0360. The molecule has 37 heavy (non-hydrogen) atoms. The van der Waals surface area contributed by atoms with Crippen LogP contribution in [-0.4, -0.2) is 35.2 Å². The molecular weight excluding hydrogens is 464 g/mol. The zero-order valence-corrected chi connectivity index (χ0v) is 20.9. The maximum absolute atomic E-state index is 12.8. The van der Waals surface area contributed by atoms with E-state index in [1.165, 1.54) is 5.56 Å². The third-order valence-electron chi connectivity index (χ3n) is 6.87. The fraction of sp³-hybridized carbons (Fsp3) is 0.300. The first-order chi connectivity index (χ1) is 18.2. The van der Waals surface area contributed by atoms with Gasteiger partial charge in [0, 0.05) is 61.8 Å². The smallest absolute Gasteiger partial charge is 0.258 e. The molecule has 0 radical (unpaired) electrons. The van der Waals surface area contributed by atoms with Gasteiger partial charge in [0.25, 0.3) is 5.56 Å². The molecule has 7 nitrogen and oxygen atoms in total. The molecule has 1 fully saturated rings. The first-order valence-corrected chi connectivity index (χ1v) is 12.9. The Morgan fingerprint density at radius 2 is 1.78 bits per heavy atom. The molecule has 3 heterocycles. The number of hydrogen-bond donors (Lipinski definition) is 1. The van der Waals surface area contributed by atoms with E-state index in [4.69, 9.17) is 4.74 Å². The van der Waals surface area contributed by atoms with E-state index in [-0.39, 0.29) is 17.5 Å². The molecule has 1 atom stereocenters. The van der Waals surface area contributed by atoms with Crippen molar-refractivity contribution in [3.63, 3.8) is 0 Å². The maximum Gasteiger partial charge on any atom is 0.258 e. The number of anilines is 1.